The fraction of sp³-hybridized carbons (Fsp3) is 0.250. The van der Waals surface area contributed by atoms with E-state index in [1.807, 2.05) is 0 Å². The minimum Gasteiger partial charge on any atom is -0.506 e. The van der Waals surface area contributed by atoms with E-state index in [-0.39, 0.29) is 22.1 Å². The molecule has 1 rings (SSSR count). The van der Waals surface area contributed by atoms with Gasteiger partial charge in [-0.3, -0.25) is 0 Å². The molecular weight excluding hydrogens is 183 g/mol. The summed E-state index contributed by atoms with van der Waals surface area (Å²) in [6.07, 6.45) is 0. The molecule has 0 atom stereocenters. The Bertz CT molecular complexity index is 312. The molecule has 0 aromatic heterocycles. The Morgan fingerprint density at radius 1 is 1.58 bits per heavy atom. The third-order valence-electron chi connectivity index (χ3n) is 1.60. The summed E-state index contributed by atoms with van der Waals surface area (Å²) in [5.74, 6) is -0.787. The predicted octanol–water partition coefficient (Wildman–Crippen LogP) is 2.50. The highest BCUT2D eigenvalue weighted by Crippen LogP contribution is 2.34. The van der Waals surface area contributed by atoms with Crippen LogP contribution in [-0.4, -0.2) is 12.2 Å². The summed E-state index contributed by atoms with van der Waals surface area (Å²) in [4.78, 5) is 0. The van der Waals surface area contributed by atoms with Crippen molar-refractivity contribution in [1.29, 1.82) is 0 Å². The van der Waals surface area contributed by atoms with Crippen molar-refractivity contribution >= 4 is 11.6 Å². The molecule has 4 heteroatoms. The molecule has 0 bridgehead atoms. The van der Waals surface area contributed by atoms with Gasteiger partial charge in [0.05, 0.1) is 12.1 Å². The van der Waals surface area contributed by atoms with Crippen LogP contribution >= 0.6 is 11.6 Å². The molecule has 0 aliphatic rings. The smallest absolute Gasteiger partial charge is 0.171 e. The second-order valence-electron chi connectivity index (χ2n) is 2.35. The van der Waals surface area contributed by atoms with Crippen LogP contribution in [0, 0.1) is 12.7 Å². The number of halogens is 2. The molecule has 1 aromatic rings. The van der Waals surface area contributed by atoms with Crippen LogP contribution in [0.5, 0.6) is 11.5 Å². The lowest BCUT2D eigenvalue weighted by Gasteiger charge is -2.07. The number of rotatable bonds is 1. The summed E-state index contributed by atoms with van der Waals surface area (Å²) in [6.45, 7) is 1.43. The van der Waals surface area contributed by atoms with Crippen LogP contribution in [0.4, 0.5) is 4.39 Å². The highest BCUT2D eigenvalue weighted by Gasteiger charge is 2.13. The largest absolute Gasteiger partial charge is 0.506 e. The number of phenols is 1. The maximum absolute atomic E-state index is 13.1. The second-order valence-corrected chi connectivity index (χ2v) is 2.76. The molecule has 0 aliphatic carbocycles. The van der Waals surface area contributed by atoms with Gasteiger partial charge in [0.25, 0.3) is 0 Å². The molecular formula is C8H8ClFO2. The molecule has 0 saturated heterocycles. The lowest BCUT2D eigenvalue weighted by Crippen LogP contribution is -1.91. The van der Waals surface area contributed by atoms with Gasteiger partial charge in [0.15, 0.2) is 11.6 Å². The van der Waals surface area contributed by atoms with Gasteiger partial charge in [0, 0.05) is 11.6 Å². The van der Waals surface area contributed by atoms with Crippen LogP contribution < -0.4 is 4.74 Å². The Morgan fingerprint density at radius 3 is 2.67 bits per heavy atom. The first-order valence-corrected chi connectivity index (χ1v) is 3.67. The van der Waals surface area contributed by atoms with E-state index in [1.54, 1.807) is 0 Å². The minimum atomic E-state index is -0.584. The summed E-state index contributed by atoms with van der Waals surface area (Å²) in [6, 6.07) is 1.24. The van der Waals surface area contributed by atoms with Crippen LogP contribution in [0.25, 0.3) is 0 Å². The van der Waals surface area contributed by atoms with E-state index in [0.29, 0.717) is 0 Å². The average Bonchev–Trinajstić information content (AvgIpc) is 2.08. The van der Waals surface area contributed by atoms with Crippen molar-refractivity contribution in [3.63, 3.8) is 0 Å². The van der Waals surface area contributed by atoms with Gasteiger partial charge in [0.1, 0.15) is 5.75 Å². The molecule has 0 radical (unpaired) electrons. The monoisotopic (exact) mass is 190 g/mol. The van der Waals surface area contributed by atoms with Crippen LogP contribution in [0.2, 0.25) is 5.02 Å². The fourth-order valence-electron chi connectivity index (χ4n) is 0.863. The summed E-state index contributed by atoms with van der Waals surface area (Å²) in [5.41, 5.74) is 0.0966. The highest BCUT2D eigenvalue weighted by molar-refractivity contribution is 6.32. The number of hydrogen-bond acceptors (Lipinski definition) is 2. The molecule has 0 unspecified atom stereocenters. The molecule has 2 nitrogen and oxygen atoms in total. The van der Waals surface area contributed by atoms with Crippen LogP contribution in [-0.2, 0) is 0 Å². The minimum absolute atomic E-state index is 0.0373. The van der Waals surface area contributed by atoms with Crippen LogP contribution in [0.3, 0.4) is 0 Å². The van der Waals surface area contributed by atoms with Crippen LogP contribution in [0.1, 0.15) is 5.56 Å². The van der Waals surface area contributed by atoms with Gasteiger partial charge in [-0.15, -0.1) is 0 Å². The molecule has 0 spiro atoms. The quantitative estimate of drug-likeness (QED) is 0.737. The molecule has 1 N–H and O–H groups in total. The second kappa shape index (κ2) is 3.19. The third kappa shape index (κ3) is 1.32. The van der Waals surface area contributed by atoms with Gasteiger partial charge >= 0.3 is 0 Å². The Labute approximate surface area is 74.5 Å². The van der Waals surface area contributed by atoms with E-state index in [1.165, 1.54) is 20.1 Å². The van der Waals surface area contributed by atoms with Crippen molar-refractivity contribution in [3.8, 4) is 11.5 Å². The van der Waals surface area contributed by atoms with E-state index in [4.69, 9.17) is 16.3 Å². The first kappa shape index (κ1) is 9.13. The normalized spacial score (nSPS) is 10.0. The van der Waals surface area contributed by atoms with Gasteiger partial charge in [-0.05, 0) is 6.92 Å². The topological polar surface area (TPSA) is 29.5 Å². The molecule has 0 fully saturated rings. The molecule has 0 heterocycles. The first-order chi connectivity index (χ1) is 5.57. The molecule has 0 aliphatic heterocycles. The van der Waals surface area contributed by atoms with Gasteiger partial charge < -0.3 is 9.84 Å². The van der Waals surface area contributed by atoms with Crippen LogP contribution in [0.15, 0.2) is 6.07 Å². The maximum atomic E-state index is 13.1. The summed E-state index contributed by atoms with van der Waals surface area (Å²) in [5, 5.41) is 9.27. The van der Waals surface area contributed by atoms with Crippen molar-refractivity contribution in [2.45, 2.75) is 6.92 Å². The van der Waals surface area contributed by atoms with Gasteiger partial charge in [-0.25, -0.2) is 4.39 Å². The maximum Gasteiger partial charge on any atom is 0.171 e. The lowest BCUT2D eigenvalue weighted by molar-refractivity contribution is 0.380. The summed E-state index contributed by atoms with van der Waals surface area (Å²) >= 11 is 5.57. The van der Waals surface area contributed by atoms with E-state index < -0.39 is 5.82 Å². The van der Waals surface area contributed by atoms with Gasteiger partial charge in [-0.1, -0.05) is 11.6 Å². The van der Waals surface area contributed by atoms with Crippen molar-refractivity contribution in [2.75, 3.05) is 7.11 Å². The Hall–Kier alpha value is -0.960. The van der Waals surface area contributed by atoms with Gasteiger partial charge in [0.2, 0.25) is 0 Å². The fourth-order valence-corrected chi connectivity index (χ4v) is 1.10. The van der Waals surface area contributed by atoms with Crippen molar-refractivity contribution < 1.29 is 14.2 Å². The molecule has 12 heavy (non-hydrogen) atoms. The highest BCUT2D eigenvalue weighted by atomic mass is 35.5. The average molecular weight is 191 g/mol. The zero-order valence-corrected chi connectivity index (χ0v) is 7.44. The summed E-state index contributed by atoms with van der Waals surface area (Å²) in [7, 11) is 1.34. The SMILES string of the molecule is COc1cc(Cl)c(O)c(C)c1F. The number of ether oxygens (including phenoxy) is 1. The summed E-state index contributed by atoms with van der Waals surface area (Å²) < 4.78 is 17.8. The molecule has 66 valence electrons. The Morgan fingerprint density at radius 2 is 2.17 bits per heavy atom. The third-order valence-corrected chi connectivity index (χ3v) is 1.89. The van der Waals surface area contributed by atoms with Gasteiger partial charge in [-0.2, -0.15) is 0 Å². The lowest BCUT2D eigenvalue weighted by atomic mass is 10.2. The number of benzene rings is 1. The number of hydrogen-bond donors (Lipinski definition) is 1. The molecule has 0 amide bonds. The molecule has 0 saturated carbocycles. The Balaban J connectivity index is 3.39. The van der Waals surface area contributed by atoms with Crippen molar-refractivity contribution in [3.05, 3.63) is 22.5 Å². The first-order valence-electron chi connectivity index (χ1n) is 3.29. The van der Waals surface area contributed by atoms with E-state index in [9.17, 15) is 9.50 Å². The standard InChI is InChI=1S/C8H8ClFO2/c1-4-7(10)6(12-2)3-5(9)8(4)11/h3,11H,1-2H3. The van der Waals surface area contributed by atoms with E-state index in [2.05, 4.69) is 0 Å². The number of phenolic OH excluding ortho intramolecular Hbond substituents is 1. The van der Waals surface area contributed by atoms with E-state index >= 15 is 0 Å². The number of aromatic hydroxyl groups is 1. The number of methoxy groups -OCH3 is 1. The molecule has 1 aromatic carbocycles. The zero-order chi connectivity index (χ0) is 9.30. The van der Waals surface area contributed by atoms with E-state index in [0.717, 1.165) is 0 Å². The Kier molecular flexibility index (Phi) is 2.43. The predicted molar refractivity (Wildman–Crippen MR) is 44.4 cm³/mol. The van der Waals surface area contributed by atoms with Crippen molar-refractivity contribution in [2.24, 2.45) is 0 Å². The van der Waals surface area contributed by atoms with Crippen molar-refractivity contribution in [1.82, 2.24) is 0 Å². The zero-order valence-electron chi connectivity index (χ0n) is 6.69.